The molecule has 7 nitrogen and oxygen atoms in total. The summed E-state index contributed by atoms with van der Waals surface area (Å²) in [5.41, 5.74) is 1.54. The van der Waals surface area contributed by atoms with Crippen molar-refractivity contribution in [2.45, 2.75) is 12.1 Å². The van der Waals surface area contributed by atoms with Crippen LogP contribution in [0.5, 0.6) is 0 Å². The van der Waals surface area contributed by atoms with Gasteiger partial charge in [-0.2, -0.15) is 0 Å². The van der Waals surface area contributed by atoms with Gasteiger partial charge in [0.25, 0.3) is 5.69 Å². The van der Waals surface area contributed by atoms with E-state index in [-0.39, 0.29) is 17.8 Å². The Labute approximate surface area is 160 Å². The number of hydrogen-bond donors (Lipinski definition) is 1. The van der Waals surface area contributed by atoms with Gasteiger partial charge in [-0.05, 0) is 36.5 Å². The minimum Gasteiger partial charge on any atom is -0.459 e. The van der Waals surface area contributed by atoms with Crippen LogP contribution in [-0.4, -0.2) is 27.0 Å². The van der Waals surface area contributed by atoms with Gasteiger partial charge in [0.15, 0.2) is 5.11 Å². The fourth-order valence-corrected chi connectivity index (χ4v) is 3.49. The molecule has 1 saturated heterocycles. The van der Waals surface area contributed by atoms with Crippen LogP contribution >= 0.6 is 12.2 Å². The summed E-state index contributed by atoms with van der Waals surface area (Å²) < 4.78 is 6.07. The van der Waals surface area contributed by atoms with E-state index in [4.69, 9.17) is 16.6 Å². The molecule has 1 N–H and O–H groups in total. The van der Waals surface area contributed by atoms with Crippen LogP contribution in [0.25, 0.3) is 11.3 Å². The molecule has 0 amide bonds. The molecule has 3 aromatic rings. The third-order valence-electron chi connectivity index (χ3n) is 4.60. The molecule has 0 spiro atoms. The Hall–Kier alpha value is -3.26. The second-order valence-corrected chi connectivity index (χ2v) is 6.63. The summed E-state index contributed by atoms with van der Waals surface area (Å²) in [6.07, 6.45) is 1.74. The third-order valence-corrected chi connectivity index (χ3v) is 5.00. The van der Waals surface area contributed by atoms with Gasteiger partial charge in [-0.3, -0.25) is 15.1 Å². The fourth-order valence-electron chi connectivity index (χ4n) is 3.25. The van der Waals surface area contributed by atoms with E-state index in [9.17, 15) is 10.1 Å². The lowest BCUT2D eigenvalue weighted by Gasteiger charge is -2.21. The van der Waals surface area contributed by atoms with Crippen molar-refractivity contribution in [3.8, 4) is 11.3 Å². The number of nitrogens with one attached hydrogen (secondary N) is 1. The number of rotatable bonds is 4. The van der Waals surface area contributed by atoms with Gasteiger partial charge in [-0.1, -0.05) is 18.2 Å². The van der Waals surface area contributed by atoms with Gasteiger partial charge in [-0.15, -0.1) is 0 Å². The molecule has 1 aliphatic rings. The lowest BCUT2D eigenvalue weighted by atomic mass is 10.0. The molecule has 1 fully saturated rings. The average Bonchev–Trinajstić information content (AvgIpc) is 3.28. The largest absolute Gasteiger partial charge is 0.459 e. The normalized spacial score (nSPS) is 19.1. The SMILES string of the molecule is CN1C(=S)N[C@H](c2ccccn2)[C@H]1c1ccc(-c2cccc([N+](=O)[O-])c2)o1. The topological polar surface area (TPSA) is 84.4 Å². The highest BCUT2D eigenvalue weighted by Gasteiger charge is 2.39. The Morgan fingerprint density at radius 2 is 2.07 bits per heavy atom. The summed E-state index contributed by atoms with van der Waals surface area (Å²) >= 11 is 5.41. The zero-order valence-corrected chi connectivity index (χ0v) is 15.2. The number of nitro benzene ring substituents is 1. The van der Waals surface area contributed by atoms with Crippen molar-refractivity contribution in [2.24, 2.45) is 0 Å². The van der Waals surface area contributed by atoms with Crippen LogP contribution in [0.15, 0.2) is 65.2 Å². The van der Waals surface area contributed by atoms with Crippen LogP contribution in [0.2, 0.25) is 0 Å². The summed E-state index contributed by atoms with van der Waals surface area (Å²) in [4.78, 5) is 17.0. The van der Waals surface area contributed by atoms with E-state index in [1.54, 1.807) is 18.3 Å². The minimum atomic E-state index is -0.419. The van der Waals surface area contributed by atoms with Crippen molar-refractivity contribution in [3.63, 3.8) is 0 Å². The summed E-state index contributed by atoms with van der Waals surface area (Å²) in [5.74, 6) is 1.28. The Morgan fingerprint density at radius 1 is 1.22 bits per heavy atom. The maximum absolute atomic E-state index is 11.0. The number of furan rings is 1. The summed E-state index contributed by atoms with van der Waals surface area (Å²) in [5, 5.41) is 14.9. The standard InChI is InChI=1S/C19H16N4O3S/c1-22-18(17(21-19(22)27)14-7-2-3-10-20-14)16-9-8-15(26-16)12-5-4-6-13(11-12)23(24)25/h2-11,17-18H,1H3,(H,21,27)/t17-,18-/m1/s1. The Balaban J connectivity index is 1.70. The van der Waals surface area contributed by atoms with Crippen molar-refractivity contribution >= 4 is 23.0 Å². The second kappa shape index (κ2) is 6.81. The third kappa shape index (κ3) is 3.15. The van der Waals surface area contributed by atoms with Crippen molar-refractivity contribution in [2.75, 3.05) is 7.05 Å². The van der Waals surface area contributed by atoms with Crippen molar-refractivity contribution in [1.82, 2.24) is 15.2 Å². The molecule has 0 radical (unpaired) electrons. The molecule has 8 heteroatoms. The van der Waals surface area contributed by atoms with E-state index in [0.717, 1.165) is 5.69 Å². The molecular weight excluding hydrogens is 364 g/mol. The van der Waals surface area contributed by atoms with Gasteiger partial charge in [0.05, 0.1) is 16.7 Å². The van der Waals surface area contributed by atoms with Gasteiger partial charge >= 0.3 is 0 Å². The number of thiocarbonyl (C=S) groups is 1. The average molecular weight is 380 g/mol. The predicted molar refractivity (Wildman–Crippen MR) is 104 cm³/mol. The van der Waals surface area contributed by atoms with Gasteiger partial charge in [0, 0.05) is 30.9 Å². The van der Waals surface area contributed by atoms with Crippen LogP contribution < -0.4 is 5.32 Å². The van der Waals surface area contributed by atoms with E-state index in [1.165, 1.54) is 12.1 Å². The Kier molecular flexibility index (Phi) is 4.33. The highest BCUT2D eigenvalue weighted by Crippen LogP contribution is 2.39. The molecule has 2 atom stereocenters. The zero-order valence-electron chi connectivity index (χ0n) is 14.4. The Bertz CT molecular complexity index is 1000. The van der Waals surface area contributed by atoms with Crippen molar-refractivity contribution < 1.29 is 9.34 Å². The van der Waals surface area contributed by atoms with Crippen molar-refractivity contribution in [1.29, 1.82) is 0 Å². The number of nitro groups is 1. The van der Waals surface area contributed by atoms with Crippen LogP contribution in [0, 0.1) is 10.1 Å². The lowest BCUT2D eigenvalue weighted by molar-refractivity contribution is -0.384. The summed E-state index contributed by atoms with van der Waals surface area (Å²) in [6, 6.07) is 15.5. The summed E-state index contributed by atoms with van der Waals surface area (Å²) in [6.45, 7) is 0. The van der Waals surface area contributed by atoms with E-state index in [0.29, 0.717) is 22.2 Å². The molecular formula is C19H16N4O3S. The van der Waals surface area contributed by atoms with E-state index in [2.05, 4.69) is 10.3 Å². The molecule has 1 aromatic carbocycles. The highest BCUT2D eigenvalue weighted by molar-refractivity contribution is 7.80. The molecule has 3 heterocycles. The van der Waals surface area contributed by atoms with Crippen LogP contribution in [0.3, 0.4) is 0 Å². The molecule has 4 rings (SSSR count). The summed E-state index contributed by atoms with van der Waals surface area (Å²) in [7, 11) is 1.90. The first-order valence-electron chi connectivity index (χ1n) is 8.33. The number of likely N-dealkylation sites (N-methyl/N-ethyl adjacent to an activating group) is 1. The zero-order chi connectivity index (χ0) is 19.0. The van der Waals surface area contributed by atoms with Gasteiger partial charge < -0.3 is 14.6 Å². The molecule has 0 aliphatic carbocycles. The fraction of sp³-hybridized carbons (Fsp3) is 0.158. The minimum absolute atomic E-state index is 0.0256. The lowest BCUT2D eigenvalue weighted by Crippen LogP contribution is -2.24. The smallest absolute Gasteiger partial charge is 0.270 e. The molecule has 2 aromatic heterocycles. The quantitative estimate of drug-likeness (QED) is 0.418. The van der Waals surface area contributed by atoms with Gasteiger partial charge in [0.1, 0.15) is 17.6 Å². The first-order chi connectivity index (χ1) is 13.0. The second-order valence-electron chi connectivity index (χ2n) is 6.25. The van der Waals surface area contributed by atoms with Crippen molar-refractivity contribution in [3.05, 3.63) is 82.4 Å². The molecule has 136 valence electrons. The van der Waals surface area contributed by atoms with Crippen LogP contribution in [-0.2, 0) is 0 Å². The number of pyridine rings is 1. The van der Waals surface area contributed by atoms with E-state index in [1.807, 2.05) is 42.3 Å². The van der Waals surface area contributed by atoms with Crippen LogP contribution in [0.4, 0.5) is 5.69 Å². The van der Waals surface area contributed by atoms with Gasteiger partial charge in [0.2, 0.25) is 0 Å². The van der Waals surface area contributed by atoms with E-state index < -0.39 is 4.92 Å². The van der Waals surface area contributed by atoms with E-state index >= 15 is 0 Å². The maximum atomic E-state index is 11.0. The number of nitrogens with zero attached hydrogens (tertiary/aromatic N) is 3. The maximum Gasteiger partial charge on any atom is 0.270 e. The number of non-ortho nitro benzene ring substituents is 1. The first kappa shape index (κ1) is 17.2. The molecule has 0 unspecified atom stereocenters. The van der Waals surface area contributed by atoms with Gasteiger partial charge in [-0.25, -0.2) is 0 Å². The van der Waals surface area contributed by atoms with Crippen LogP contribution in [0.1, 0.15) is 23.5 Å². The number of hydrogen-bond acceptors (Lipinski definition) is 5. The molecule has 0 saturated carbocycles. The predicted octanol–water partition coefficient (Wildman–Crippen LogP) is 3.85. The molecule has 1 aliphatic heterocycles. The Morgan fingerprint density at radius 3 is 2.81 bits per heavy atom. The number of benzene rings is 1. The molecule has 27 heavy (non-hydrogen) atoms. The number of aromatic nitrogens is 1. The monoisotopic (exact) mass is 380 g/mol. The first-order valence-corrected chi connectivity index (χ1v) is 8.74. The highest BCUT2D eigenvalue weighted by atomic mass is 32.1. The molecule has 0 bridgehead atoms.